The summed E-state index contributed by atoms with van der Waals surface area (Å²) < 4.78 is 11.1. The van der Waals surface area contributed by atoms with Crippen molar-refractivity contribution in [2.75, 3.05) is 0 Å². The van der Waals surface area contributed by atoms with E-state index in [1.807, 2.05) is 24.3 Å². The lowest BCUT2D eigenvalue weighted by molar-refractivity contribution is -0.130. The van der Waals surface area contributed by atoms with E-state index in [-0.39, 0.29) is 0 Å². The molecule has 0 bridgehead atoms. The molecule has 1 aliphatic carbocycles. The van der Waals surface area contributed by atoms with E-state index in [1.165, 1.54) is 0 Å². The first-order chi connectivity index (χ1) is 11.7. The van der Waals surface area contributed by atoms with Crippen LogP contribution >= 0.6 is 0 Å². The molecule has 0 aliphatic heterocycles. The molecule has 0 aromatic heterocycles. The highest BCUT2D eigenvalue weighted by Gasteiger charge is 2.25. The molecule has 1 aliphatic rings. The molecule has 2 aromatic carbocycles. The van der Waals surface area contributed by atoms with Gasteiger partial charge in [-0.25, -0.2) is 9.59 Å². The Labute approximate surface area is 140 Å². The lowest BCUT2D eigenvalue weighted by Gasteiger charge is -2.24. The number of fused-ring (bicyclic) bond motifs is 2. The van der Waals surface area contributed by atoms with E-state index in [0.717, 1.165) is 59.7 Å². The molecule has 4 nitrogen and oxygen atoms in total. The van der Waals surface area contributed by atoms with Gasteiger partial charge in [0.1, 0.15) is 11.5 Å². The Morgan fingerprint density at radius 2 is 1.25 bits per heavy atom. The number of hydrogen-bond donors (Lipinski definition) is 0. The van der Waals surface area contributed by atoms with Gasteiger partial charge in [0.05, 0.1) is 0 Å². The fraction of sp³-hybridized carbons (Fsp3) is 0.200. The highest BCUT2D eigenvalue weighted by Crippen LogP contribution is 2.44. The lowest BCUT2D eigenvalue weighted by Crippen LogP contribution is -2.14. The third-order valence-electron chi connectivity index (χ3n) is 4.17. The van der Waals surface area contributed by atoms with Crippen LogP contribution in [0.3, 0.4) is 0 Å². The van der Waals surface area contributed by atoms with Crippen LogP contribution in [0.4, 0.5) is 0 Å². The van der Waals surface area contributed by atoms with Crippen molar-refractivity contribution < 1.29 is 19.1 Å². The third-order valence-corrected chi connectivity index (χ3v) is 4.17. The van der Waals surface area contributed by atoms with Crippen LogP contribution in [0, 0.1) is 0 Å². The Morgan fingerprint density at radius 1 is 0.833 bits per heavy atom. The molecule has 0 N–H and O–H groups in total. The fourth-order valence-electron chi connectivity index (χ4n) is 3.13. The Morgan fingerprint density at radius 3 is 1.62 bits per heavy atom. The quantitative estimate of drug-likeness (QED) is 0.487. The molecular formula is C20H18O4. The van der Waals surface area contributed by atoms with Crippen molar-refractivity contribution in [1.82, 2.24) is 0 Å². The van der Waals surface area contributed by atoms with Gasteiger partial charge in [-0.3, -0.25) is 0 Å². The van der Waals surface area contributed by atoms with Gasteiger partial charge in [0.15, 0.2) is 0 Å². The number of carbonyl (C=O) groups is 2. The molecule has 0 saturated carbocycles. The Kier molecular flexibility index (Phi) is 4.47. The third kappa shape index (κ3) is 2.83. The average Bonchev–Trinajstić information content (AvgIpc) is 2.63. The first-order valence-corrected chi connectivity index (χ1v) is 7.90. The number of esters is 2. The van der Waals surface area contributed by atoms with Crippen LogP contribution in [0.1, 0.15) is 24.0 Å². The summed E-state index contributed by atoms with van der Waals surface area (Å²) in [4.78, 5) is 23.6. The monoisotopic (exact) mass is 322 g/mol. The second-order valence-electron chi connectivity index (χ2n) is 5.62. The molecule has 0 saturated heterocycles. The Bertz CT molecular complexity index is 778. The Hall–Kier alpha value is -2.88. The van der Waals surface area contributed by atoms with Crippen molar-refractivity contribution >= 4 is 22.7 Å². The lowest BCUT2D eigenvalue weighted by atomic mass is 9.87. The van der Waals surface area contributed by atoms with Crippen LogP contribution in [0.15, 0.2) is 49.6 Å². The van der Waals surface area contributed by atoms with Gasteiger partial charge in [0.2, 0.25) is 0 Å². The summed E-state index contributed by atoms with van der Waals surface area (Å²) in [6, 6.07) is 7.45. The summed E-state index contributed by atoms with van der Waals surface area (Å²) in [6.07, 6.45) is 5.85. The van der Waals surface area contributed by atoms with Gasteiger partial charge in [0, 0.05) is 34.1 Å². The summed E-state index contributed by atoms with van der Waals surface area (Å²) in [5, 5.41) is 1.50. The molecule has 24 heavy (non-hydrogen) atoms. The Balaban J connectivity index is 2.30. The zero-order chi connectivity index (χ0) is 17.1. The predicted octanol–water partition coefficient (Wildman–Crippen LogP) is 3.90. The van der Waals surface area contributed by atoms with Gasteiger partial charge in [-0.2, -0.15) is 0 Å². The van der Waals surface area contributed by atoms with Gasteiger partial charge < -0.3 is 9.47 Å². The molecule has 3 rings (SSSR count). The topological polar surface area (TPSA) is 52.6 Å². The average molecular weight is 322 g/mol. The normalized spacial score (nSPS) is 13.0. The molecule has 0 heterocycles. The van der Waals surface area contributed by atoms with Crippen molar-refractivity contribution in [2.24, 2.45) is 0 Å². The maximum atomic E-state index is 11.8. The van der Waals surface area contributed by atoms with Crippen molar-refractivity contribution in [3.63, 3.8) is 0 Å². The summed E-state index contributed by atoms with van der Waals surface area (Å²) >= 11 is 0. The van der Waals surface area contributed by atoms with E-state index in [1.54, 1.807) is 0 Å². The van der Waals surface area contributed by atoms with E-state index in [2.05, 4.69) is 13.2 Å². The van der Waals surface area contributed by atoms with Crippen LogP contribution in [0.2, 0.25) is 0 Å². The second kappa shape index (κ2) is 6.71. The summed E-state index contributed by atoms with van der Waals surface area (Å²) in [5.74, 6) is 0.0970. The van der Waals surface area contributed by atoms with Gasteiger partial charge >= 0.3 is 11.9 Å². The van der Waals surface area contributed by atoms with Crippen LogP contribution in [-0.4, -0.2) is 11.9 Å². The molecule has 122 valence electrons. The first-order valence-electron chi connectivity index (χ1n) is 7.90. The van der Waals surface area contributed by atoms with Gasteiger partial charge in [-0.05, 0) is 25.7 Å². The van der Waals surface area contributed by atoms with Crippen LogP contribution < -0.4 is 9.47 Å². The smallest absolute Gasteiger partial charge is 0.335 e. The van der Waals surface area contributed by atoms with E-state index in [0.29, 0.717) is 11.5 Å². The van der Waals surface area contributed by atoms with Crippen LogP contribution in [-0.2, 0) is 22.4 Å². The van der Waals surface area contributed by atoms with E-state index >= 15 is 0 Å². The number of carbonyl (C=O) groups excluding carboxylic acids is 2. The largest absolute Gasteiger partial charge is 0.422 e. The zero-order valence-corrected chi connectivity index (χ0v) is 13.3. The minimum atomic E-state index is -0.497. The van der Waals surface area contributed by atoms with Crippen molar-refractivity contribution in [1.29, 1.82) is 0 Å². The fourth-order valence-corrected chi connectivity index (χ4v) is 3.13. The highest BCUT2D eigenvalue weighted by atomic mass is 16.5. The molecule has 0 fully saturated rings. The molecule has 0 spiro atoms. The molecule has 0 amide bonds. The zero-order valence-electron chi connectivity index (χ0n) is 13.3. The summed E-state index contributed by atoms with van der Waals surface area (Å²) in [7, 11) is 0. The number of benzene rings is 2. The van der Waals surface area contributed by atoms with Crippen LogP contribution in [0.5, 0.6) is 11.5 Å². The SMILES string of the molecule is C=CC(=O)Oc1c2c(c(OC(=O)C=C)c3ccccc13)CCCC2. The van der Waals surface area contributed by atoms with E-state index in [4.69, 9.17) is 9.47 Å². The van der Waals surface area contributed by atoms with Crippen molar-refractivity contribution in [2.45, 2.75) is 25.7 Å². The standard InChI is InChI=1S/C20H18O4/c1-3-17(21)23-19-13-9-5-7-11-15(13)20(24-18(22)4-2)16-12-8-6-10-14(16)19/h3-5,7,9,11H,1-2,6,8,10,12H2. The molecule has 0 atom stereocenters. The minimum Gasteiger partial charge on any atom is -0.422 e. The van der Waals surface area contributed by atoms with Gasteiger partial charge in [0.25, 0.3) is 0 Å². The number of ether oxygens (including phenoxy) is 2. The second-order valence-corrected chi connectivity index (χ2v) is 5.62. The van der Waals surface area contributed by atoms with E-state index in [9.17, 15) is 9.59 Å². The minimum absolute atomic E-state index is 0.497. The summed E-state index contributed by atoms with van der Waals surface area (Å²) in [6.45, 7) is 6.92. The molecule has 4 heteroatoms. The number of rotatable bonds is 4. The van der Waals surface area contributed by atoms with Crippen LogP contribution in [0.25, 0.3) is 10.8 Å². The maximum Gasteiger partial charge on any atom is 0.335 e. The predicted molar refractivity (Wildman–Crippen MR) is 92.3 cm³/mol. The van der Waals surface area contributed by atoms with Crippen molar-refractivity contribution in [3.05, 3.63) is 60.7 Å². The van der Waals surface area contributed by atoms with Gasteiger partial charge in [-0.1, -0.05) is 37.4 Å². The number of hydrogen-bond acceptors (Lipinski definition) is 4. The molecule has 0 unspecified atom stereocenters. The molecular weight excluding hydrogens is 304 g/mol. The first kappa shape index (κ1) is 16.0. The summed E-state index contributed by atoms with van der Waals surface area (Å²) in [5.41, 5.74) is 1.86. The molecule has 0 radical (unpaired) electrons. The van der Waals surface area contributed by atoms with Crippen molar-refractivity contribution in [3.8, 4) is 11.5 Å². The highest BCUT2D eigenvalue weighted by molar-refractivity contribution is 6.00. The molecule has 2 aromatic rings. The van der Waals surface area contributed by atoms with E-state index < -0.39 is 11.9 Å². The van der Waals surface area contributed by atoms with Gasteiger partial charge in [-0.15, -0.1) is 0 Å². The maximum absolute atomic E-state index is 11.8.